The minimum atomic E-state index is -0.290. The molecule has 1 aromatic carbocycles. The molecule has 1 aliphatic heterocycles. The molecule has 6 nitrogen and oxygen atoms in total. The van der Waals surface area contributed by atoms with Gasteiger partial charge in [0.15, 0.2) is 0 Å². The molecule has 0 bridgehead atoms. The van der Waals surface area contributed by atoms with Crippen molar-refractivity contribution in [2.45, 2.75) is 19.8 Å². The second-order valence-electron chi connectivity index (χ2n) is 6.74. The maximum absolute atomic E-state index is 13.9. The molecule has 0 aliphatic carbocycles. The Labute approximate surface area is 153 Å². The number of hydrogen-bond donors (Lipinski definition) is 2. The van der Waals surface area contributed by atoms with Crippen molar-refractivity contribution < 1.29 is 9.18 Å². The quantitative estimate of drug-likeness (QED) is 0.827. The van der Waals surface area contributed by atoms with E-state index >= 15 is 0 Å². The molecular formula is C19H26FN5O. The van der Waals surface area contributed by atoms with Gasteiger partial charge >= 0.3 is 0 Å². The molecule has 2 N–H and O–H groups in total. The summed E-state index contributed by atoms with van der Waals surface area (Å²) in [7, 11) is 0. The fourth-order valence-electron chi connectivity index (χ4n) is 3.19. The molecule has 1 fully saturated rings. The van der Waals surface area contributed by atoms with Gasteiger partial charge in [0.1, 0.15) is 11.6 Å². The van der Waals surface area contributed by atoms with Gasteiger partial charge in [0.2, 0.25) is 5.91 Å². The molecule has 1 saturated heterocycles. The maximum atomic E-state index is 13.9. The molecular weight excluding hydrogens is 333 g/mol. The number of carbonyl (C=O) groups excluding carboxylic acids is 1. The van der Waals surface area contributed by atoms with E-state index in [1.54, 1.807) is 12.3 Å². The Bertz CT molecular complexity index is 739. The van der Waals surface area contributed by atoms with Crippen LogP contribution >= 0.6 is 0 Å². The van der Waals surface area contributed by atoms with Gasteiger partial charge in [-0.25, -0.2) is 9.37 Å². The Kier molecular flexibility index (Phi) is 5.88. The van der Waals surface area contributed by atoms with Crippen LogP contribution in [0.4, 0.5) is 10.1 Å². The molecule has 0 radical (unpaired) electrons. The van der Waals surface area contributed by atoms with Crippen LogP contribution in [0.15, 0.2) is 30.5 Å². The first kappa shape index (κ1) is 18.4. The topological polar surface area (TPSA) is 64.3 Å². The molecule has 0 saturated carbocycles. The van der Waals surface area contributed by atoms with E-state index in [2.05, 4.69) is 25.1 Å². The van der Waals surface area contributed by atoms with Crippen LogP contribution in [0.5, 0.6) is 0 Å². The number of aromatic amines is 1. The van der Waals surface area contributed by atoms with Gasteiger partial charge in [0.05, 0.1) is 11.6 Å². The molecule has 1 unspecified atom stereocenters. The van der Waals surface area contributed by atoms with Gasteiger partial charge in [-0.3, -0.25) is 9.69 Å². The van der Waals surface area contributed by atoms with Gasteiger partial charge in [0, 0.05) is 51.2 Å². The summed E-state index contributed by atoms with van der Waals surface area (Å²) in [6.07, 6.45) is 1.73. The minimum absolute atomic E-state index is 0.0238. The lowest BCUT2D eigenvalue weighted by Gasteiger charge is -2.36. The third-order valence-corrected chi connectivity index (χ3v) is 4.82. The molecule has 1 aromatic heterocycles. The normalized spacial score (nSPS) is 16.5. The molecule has 0 spiro atoms. The zero-order chi connectivity index (χ0) is 18.5. The highest BCUT2D eigenvalue weighted by atomic mass is 19.1. The van der Waals surface area contributed by atoms with Gasteiger partial charge in [-0.05, 0) is 26.0 Å². The van der Waals surface area contributed by atoms with E-state index in [0.29, 0.717) is 18.1 Å². The Morgan fingerprint density at radius 2 is 2.04 bits per heavy atom. The van der Waals surface area contributed by atoms with Crippen molar-refractivity contribution in [1.29, 1.82) is 0 Å². The van der Waals surface area contributed by atoms with E-state index in [1.165, 1.54) is 6.07 Å². The molecule has 140 valence electrons. The number of nitrogens with zero attached hydrogens (tertiary/aromatic N) is 3. The van der Waals surface area contributed by atoms with Gasteiger partial charge in [0.25, 0.3) is 0 Å². The minimum Gasteiger partial charge on any atom is -0.367 e. The van der Waals surface area contributed by atoms with Crippen LogP contribution < -0.4 is 10.2 Å². The highest BCUT2D eigenvalue weighted by molar-refractivity contribution is 5.82. The highest BCUT2D eigenvalue weighted by Gasteiger charge is 2.20. The molecule has 3 rings (SSSR count). The van der Waals surface area contributed by atoms with Crippen LogP contribution in [0, 0.1) is 12.7 Å². The monoisotopic (exact) mass is 359 g/mol. The number of halogens is 1. The Morgan fingerprint density at radius 1 is 1.31 bits per heavy atom. The van der Waals surface area contributed by atoms with Crippen molar-refractivity contribution in [3.05, 3.63) is 47.8 Å². The van der Waals surface area contributed by atoms with Gasteiger partial charge < -0.3 is 15.2 Å². The van der Waals surface area contributed by atoms with Crippen molar-refractivity contribution in [2.24, 2.45) is 0 Å². The van der Waals surface area contributed by atoms with E-state index in [0.717, 1.165) is 38.4 Å². The summed E-state index contributed by atoms with van der Waals surface area (Å²) in [5.74, 6) is 0.208. The van der Waals surface area contributed by atoms with Crippen molar-refractivity contribution in [3.8, 4) is 0 Å². The Hall–Kier alpha value is -2.41. The average molecular weight is 359 g/mol. The summed E-state index contributed by atoms with van der Waals surface area (Å²) >= 11 is 0. The Morgan fingerprint density at radius 3 is 2.69 bits per heavy atom. The third-order valence-electron chi connectivity index (χ3n) is 4.82. The van der Waals surface area contributed by atoms with Crippen LogP contribution in [0.3, 0.4) is 0 Å². The SMILES string of the molecule is Cc1cnc(C(C)C(=O)NCCN2CCN(c3ccccc3F)CC2)[nH]1. The number of benzene rings is 1. The fourth-order valence-corrected chi connectivity index (χ4v) is 3.19. The van der Waals surface area contributed by atoms with Crippen LogP contribution in [-0.2, 0) is 4.79 Å². The predicted molar refractivity (Wildman–Crippen MR) is 99.8 cm³/mol. The second kappa shape index (κ2) is 8.31. The number of piperazine rings is 1. The molecule has 1 amide bonds. The number of hydrogen-bond acceptors (Lipinski definition) is 4. The van der Waals surface area contributed by atoms with Crippen LogP contribution in [-0.4, -0.2) is 60.0 Å². The van der Waals surface area contributed by atoms with E-state index in [4.69, 9.17) is 0 Å². The third kappa shape index (κ3) is 4.40. The number of rotatable bonds is 6. The molecule has 2 aromatic rings. The van der Waals surface area contributed by atoms with Crippen molar-refractivity contribution in [1.82, 2.24) is 20.2 Å². The first-order chi connectivity index (χ1) is 12.5. The number of aromatic nitrogens is 2. The number of imidazole rings is 1. The smallest absolute Gasteiger partial charge is 0.230 e. The lowest BCUT2D eigenvalue weighted by atomic mass is 10.1. The summed E-state index contributed by atoms with van der Waals surface area (Å²) in [4.78, 5) is 23.9. The summed E-state index contributed by atoms with van der Waals surface area (Å²) in [5.41, 5.74) is 1.62. The molecule has 1 aliphatic rings. The molecule has 2 heterocycles. The van der Waals surface area contributed by atoms with Crippen molar-refractivity contribution in [3.63, 3.8) is 0 Å². The highest BCUT2D eigenvalue weighted by Crippen LogP contribution is 2.20. The number of anilines is 1. The van der Waals surface area contributed by atoms with E-state index in [1.807, 2.05) is 26.0 Å². The Balaban J connectivity index is 1.40. The number of carbonyl (C=O) groups is 1. The number of para-hydroxylation sites is 1. The van der Waals surface area contributed by atoms with E-state index in [-0.39, 0.29) is 17.6 Å². The zero-order valence-corrected chi connectivity index (χ0v) is 15.3. The fraction of sp³-hybridized carbons (Fsp3) is 0.474. The second-order valence-corrected chi connectivity index (χ2v) is 6.74. The van der Waals surface area contributed by atoms with E-state index in [9.17, 15) is 9.18 Å². The number of nitrogens with one attached hydrogen (secondary N) is 2. The van der Waals surface area contributed by atoms with Crippen LogP contribution in [0.1, 0.15) is 24.4 Å². The van der Waals surface area contributed by atoms with Gasteiger partial charge in [-0.15, -0.1) is 0 Å². The first-order valence-electron chi connectivity index (χ1n) is 9.05. The largest absolute Gasteiger partial charge is 0.367 e. The molecule has 7 heteroatoms. The number of amides is 1. The summed E-state index contributed by atoms with van der Waals surface area (Å²) in [6.45, 7) is 8.45. The zero-order valence-electron chi connectivity index (χ0n) is 15.3. The van der Waals surface area contributed by atoms with Crippen LogP contribution in [0.2, 0.25) is 0 Å². The predicted octanol–water partition coefficient (Wildman–Crippen LogP) is 1.90. The van der Waals surface area contributed by atoms with Crippen molar-refractivity contribution >= 4 is 11.6 Å². The standard InChI is InChI=1S/C19H26FN5O/c1-14-13-22-18(23-14)15(2)19(26)21-7-8-24-9-11-25(12-10-24)17-6-4-3-5-16(17)20/h3-6,13,15H,7-12H2,1-2H3,(H,21,26)(H,22,23). The first-order valence-corrected chi connectivity index (χ1v) is 9.05. The average Bonchev–Trinajstić information content (AvgIpc) is 3.08. The number of H-pyrrole nitrogens is 1. The lowest BCUT2D eigenvalue weighted by Crippen LogP contribution is -2.48. The van der Waals surface area contributed by atoms with Gasteiger partial charge in [-0.2, -0.15) is 0 Å². The molecule has 26 heavy (non-hydrogen) atoms. The van der Waals surface area contributed by atoms with E-state index < -0.39 is 0 Å². The lowest BCUT2D eigenvalue weighted by molar-refractivity contribution is -0.122. The van der Waals surface area contributed by atoms with Crippen molar-refractivity contribution in [2.75, 3.05) is 44.2 Å². The maximum Gasteiger partial charge on any atom is 0.230 e. The summed E-state index contributed by atoms with van der Waals surface area (Å²) in [6, 6.07) is 6.90. The number of aryl methyl sites for hydroxylation is 1. The summed E-state index contributed by atoms with van der Waals surface area (Å²) < 4.78 is 13.9. The van der Waals surface area contributed by atoms with Crippen LogP contribution in [0.25, 0.3) is 0 Å². The summed E-state index contributed by atoms with van der Waals surface area (Å²) in [5, 5.41) is 2.98. The molecule has 1 atom stereocenters. The van der Waals surface area contributed by atoms with Gasteiger partial charge in [-0.1, -0.05) is 12.1 Å².